The average Bonchev–Trinajstić information content (AvgIpc) is 2.73. The van der Waals surface area contributed by atoms with Gasteiger partial charge in [0.05, 0.1) is 5.56 Å². The molecule has 2 aromatic rings. The second kappa shape index (κ2) is 11.5. The van der Waals surface area contributed by atoms with E-state index in [1.807, 2.05) is 0 Å². The van der Waals surface area contributed by atoms with E-state index >= 15 is 0 Å². The summed E-state index contributed by atoms with van der Waals surface area (Å²) in [6.07, 6.45) is 4.87. The van der Waals surface area contributed by atoms with Gasteiger partial charge in [0.15, 0.2) is 11.6 Å². The average molecular weight is 487 g/mol. The van der Waals surface area contributed by atoms with Crippen molar-refractivity contribution in [1.29, 1.82) is 0 Å². The van der Waals surface area contributed by atoms with Crippen molar-refractivity contribution in [1.82, 2.24) is 0 Å². The molecule has 1 fully saturated rings. The predicted octanol–water partition coefficient (Wildman–Crippen LogP) is 9.23. The first kappa shape index (κ1) is 26.4. The van der Waals surface area contributed by atoms with Crippen LogP contribution in [0.2, 0.25) is 0 Å². The van der Waals surface area contributed by atoms with Gasteiger partial charge in [0.25, 0.3) is 0 Å². The fourth-order valence-corrected chi connectivity index (χ4v) is 4.90. The zero-order valence-electron chi connectivity index (χ0n) is 19.7. The second-order valence-electron chi connectivity index (χ2n) is 9.88. The first-order valence-electron chi connectivity index (χ1n) is 12.1. The third-order valence-corrected chi connectivity index (χ3v) is 6.75. The van der Waals surface area contributed by atoms with E-state index in [2.05, 4.69) is 18.6 Å². The van der Waals surface area contributed by atoms with E-state index in [0.717, 1.165) is 37.2 Å². The summed E-state index contributed by atoms with van der Waals surface area (Å²) in [5.41, 5.74) is -0.136. The number of alkyl halides is 3. The van der Waals surface area contributed by atoms with Crippen molar-refractivity contribution in [3.63, 3.8) is 0 Å². The van der Waals surface area contributed by atoms with Crippen LogP contribution in [0.25, 0.3) is 11.1 Å². The van der Waals surface area contributed by atoms with Crippen molar-refractivity contribution in [2.24, 2.45) is 17.8 Å². The number of hydrogen-bond acceptors (Lipinski definition) is 1. The zero-order chi connectivity index (χ0) is 24.9. The van der Waals surface area contributed by atoms with Gasteiger partial charge in [-0.1, -0.05) is 64.9 Å². The maximum Gasteiger partial charge on any atom is 0.573 e. The van der Waals surface area contributed by atoms with E-state index in [1.54, 1.807) is 0 Å². The molecule has 1 aliphatic rings. The van der Waals surface area contributed by atoms with Crippen molar-refractivity contribution in [2.75, 3.05) is 0 Å². The SMILES string of the molecule is CC(C)CCCC1CCC(CCc2cc(F)c(-c3ccc(OC(F)(F)F)c(F)c3)c(F)c2)CC1. The van der Waals surface area contributed by atoms with Gasteiger partial charge >= 0.3 is 6.36 Å². The van der Waals surface area contributed by atoms with Crippen molar-refractivity contribution < 1.29 is 31.1 Å². The van der Waals surface area contributed by atoms with Gasteiger partial charge < -0.3 is 4.74 Å². The molecule has 0 aromatic heterocycles. The van der Waals surface area contributed by atoms with E-state index in [4.69, 9.17) is 0 Å². The van der Waals surface area contributed by atoms with Crippen LogP contribution < -0.4 is 4.74 Å². The fraction of sp³-hybridized carbons (Fsp3) is 0.556. The number of benzene rings is 2. The molecule has 0 atom stereocenters. The lowest BCUT2D eigenvalue weighted by molar-refractivity contribution is -0.275. The molecule has 3 rings (SSSR count). The molecule has 0 unspecified atom stereocenters. The zero-order valence-corrected chi connectivity index (χ0v) is 19.7. The number of hydrogen-bond donors (Lipinski definition) is 0. The van der Waals surface area contributed by atoms with Gasteiger partial charge in [-0.15, -0.1) is 13.2 Å². The van der Waals surface area contributed by atoms with Gasteiger partial charge in [0.2, 0.25) is 0 Å². The smallest absolute Gasteiger partial charge is 0.403 e. The minimum atomic E-state index is -5.06. The summed E-state index contributed by atoms with van der Waals surface area (Å²) in [6, 6.07) is 4.82. The molecule has 0 saturated heterocycles. The Morgan fingerprint density at radius 3 is 1.97 bits per heavy atom. The number of rotatable bonds is 9. The second-order valence-corrected chi connectivity index (χ2v) is 9.88. The van der Waals surface area contributed by atoms with E-state index in [0.29, 0.717) is 30.0 Å². The fourth-order valence-electron chi connectivity index (χ4n) is 4.90. The standard InChI is InChI=1S/C27H32F6O/c1-17(2)4-3-5-18-6-8-19(9-7-18)10-11-20-14-23(29)26(24(30)15-20)21-12-13-25(22(28)16-21)34-27(31,32)33/h12-19H,3-11H2,1-2H3. The molecule has 188 valence electrons. The summed E-state index contributed by atoms with van der Waals surface area (Å²) in [4.78, 5) is 0. The van der Waals surface area contributed by atoms with E-state index in [-0.39, 0.29) is 5.56 Å². The van der Waals surface area contributed by atoms with Crippen LogP contribution in [0, 0.1) is 35.2 Å². The molecule has 1 saturated carbocycles. The summed E-state index contributed by atoms with van der Waals surface area (Å²) >= 11 is 0. The Bertz CT molecular complexity index is 922. The van der Waals surface area contributed by atoms with Gasteiger partial charge in [0.1, 0.15) is 11.6 Å². The summed E-state index contributed by atoms with van der Waals surface area (Å²) in [6.45, 7) is 4.49. The maximum atomic E-state index is 14.7. The Morgan fingerprint density at radius 1 is 0.853 bits per heavy atom. The minimum Gasteiger partial charge on any atom is -0.403 e. The lowest BCUT2D eigenvalue weighted by Gasteiger charge is -2.28. The third kappa shape index (κ3) is 7.67. The van der Waals surface area contributed by atoms with Crippen LogP contribution in [-0.2, 0) is 6.42 Å². The molecular formula is C27H32F6O. The van der Waals surface area contributed by atoms with Gasteiger partial charge in [-0.2, -0.15) is 0 Å². The number of halogens is 6. The summed E-state index contributed by atoms with van der Waals surface area (Å²) in [5, 5.41) is 0. The number of ether oxygens (including phenoxy) is 1. The molecule has 34 heavy (non-hydrogen) atoms. The minimum absolute atomic E-state index is 0.190. The Hall–Kier alpha value is -2.18. The first-order chi connectivity index (χ1) is 16.0. The van der Waals surface area contributed by atoms with Crippen molar-refractivity contribution in [3.05, 3.63) is 53.3 Å². The molecule has 2 aromatic carbocycles. The Morgan fingerprint density at radius 2 is 1.44 bits per heavy atom. The lowest BCUT2D eigenvalue weighted by atomic mass is 9.77. The van der Waals surface area contributed by atoms with Crippen molar-refractivity contribution >= 4 is 0 Å². The molecule has 1 nitrogen and oxygen atoms in total. The highest BCUT2D eigenvalue weighted by atomic mass is 19.4. The molecular weight excluding hydrogens is 454 g/mol. The van der Waals surface area contributed by atoms with Crippen LogP contribution in [-0.4, -0.2) is 6.36 Å². The topological polar surface area (TPSA) is 9.23 Å². The van der Waals surface area contributed by atoms with Crippen LogP contribution in [0.4, 0.5) is 26.3 Å². The highest BCUT2D eigenvalue weighted by molar-refractivity contribution is 5.66. The molecule has 0 N–H and O–H groups in total. The molecule has 0 aliphatic heterocycles. The van der Waals surface area contributed by atoms with Crippen LogP contribution in [0.1, 0.15) is 70.8 Å². The van der Waals surface area contributed by atoms with Gasteiger partial charge in [-0.25, -0.2) is 13.2 Å². The van der Waals surface area contributed by atoms with E-state index < -0.39 is 35.1 Å². The van der Waals surface area contributed by atoms with Crippen molar-refractivity contribution in [2.45, 2.75) is 78.0 Å². The number of aryl methyl sites for hydroxylation is 1. The Kier molecular flexibility index (Phi) is 8.94. The quantitative estimate of drug-likeness (QED) is 0.321. The molecule has 0 spiro atoms. The summed E-state index contributed by atoms with van der Waals surface area (Å²) in [7, 11) is 0. The van der Waals surface area contributed by atoms with Gasteiger partial charge in [0, 0.05) is 0 Å². The normalized spacial score (nSPS) is 19.0. The Balaban J connectivity index is 1.57. The molecule has 0 amide bonds. The summed E-state index contributed by atoms with van der Waals surface area (Å²) < 4.78 is 83.9. The largest absolute Gasteiger partial charge is 0.573 e. The van der Waals surface area contributed by atoms with Crippen LogP contribution in [0.3, 0.4) is 0 Å². The van der Waals surface area contributed by atoms with Crippen LogP contribution >= 0.6 is 0 Å². The third-order valence-electron chi connectivity index (χ3n) is 6.75. The molecule has 7 heteroatoms. The summed E-state index contributed by atoms with van der Waals surface area (Å²) in [5.74, 6) is -2.06. The van der Waals surface area contributed by atoms with E-state index in [1.165, 1.54) is 44.2 Å². The molecule has 0 heterocycles. The maximum absolute atomic E-state index is 14.7. The van der Waals surface area contributed by atoms with Crippen LogP contribution in [0.15, 0.2) is 30.3 Å². The predicted molar refractivity (Wildman–Crippen MR) is 121 cm³/mol. The van der Waals surface area contributed by atoms with Gasteiger partial charge in [-0.05, 0) is 66.0 Å². The Labute approximate surface area is 197 Å². The van der Waals surface area contributed by atoms with E-state index in [9.17, 15) is 26.3 Å². The van der Waals surface area contributed by atoms with Crippen LogP contribution in [0.5, 0.6) is 5.75 Å². The monoisotopic (exact) mass is 486 g/mol. The molecule has 0 bridgehead atoms. The molecule has 0 radical (unpaired) electrons. The van der Waals surface area contributed by atoms with Crippen molar-refractivity contribution in [3.8, 4) is 16.9 Å². The highest BCUT2D eigenvalue weighted by Gasteiger charge is 2.32. The molecule has 1 aliphatic carbocycles. The van der Waals surface area contributed by atoms with Gasteiger partial charge in [-0.3, -0.25) is 0 Å². The first-order valence-corrected chi connectivity index (χ1v) is 12.1. The lowest BCUT2D eigenvalue weighted by Crippen LogP contribution is -2.17. The highest BCUT2D eigenvalue weighted by Crippen LogP contribution is 2.36.